The Morgan fingerprint density at radius 1 is 1.04 bits per heavy atom. The zero-order chi connectivity index (χ0) is 18.0. The normalized spacial score (nSPS) is 11.0. The van der Waals surface area contributed by atoms with Crippen LogP contribution in [0.1, 0.15) is 34.1 Å². The Balaban J connectivity index is 2.17. The first kappa shape index (κ1) is 20.4. The maximum absolute atomic E-state index is 11.8. The van der Waals surface area contributed by atoms with Crippen molar-refractivity contribution >= 4 is 23.5 Å². The van der Waals surface area contributed by atoms with Crippen molar-refractivity contribution in [3.05, 3.63) is 24.3 Å². The van der Waals surface area contributed by atoms with Crippen molar-refractivity contribution in [2.24, 2.45) is 0 Å². The number of carbonyl (C=O) groups is 2. The third-order valence-electron chi connectivity index (χ3n) is 2.67. The van der Waals surface area contributed by atoms with Gasteiger partial charge in [0.15, 0.2) is 5.78 Å². The van der Waals surface area contributed by atoms with Crippen molar-refractivity contribution in [2.45, 2.75) is 39.7 Å². The van der Waals surface area contributed by atoms with Crippen LogP contribution in [0.15, 0.2) is 24.3 Å². The summed E-state index contributed by atoms with van der Waals surface area (Å²) >= 11 is 1.41. The molecule has 0 spiro atoms. The van der Waals surface area contributed by atoms with E-state index >= 15 is 0 Å². The molecular weight excluding hydrogens is 328 g/mol. The molecule has 5 nitrogen and oxygen atoms in total. The lowest BCUT2D eigenvalue weighted by molar-refractivity contribution is -0.154. The number of ketones is 1. The number of thioether (sulfide) groups is 1. The van der Waals surface area contributed by atoms with Gasteiger partial charge in [-0.05, 0) is 52.0 Å². The second-order valence-electron chi connectivity index (χ2n) is 6.12. The first-order valence-corrected chi connectivity index (χ1v) is 9.12. The Hall–Kier alpha value is -1.69. The minimum absolute atomic E-state index is 0.0157. The molecule has 0 aromatic heterocycles. The van der Waals surface area contributed by atoms with Crippen LogP contribution < -0.4 is 9.47 Å². The monoisotopic (exact) mass is 354 g/mol. The summed E-state index contributed by atoms with van der Waals surface area (Å²) in [5.74, 6) is 2.02. The smallest absolute Gasteiger partial charge is 0.307 e. The molecule has 0 unspecified atom stereocenters. The Labute approximate surface area is 148 Å². The topological polar surface area (TPSA) is 61.8 Å². The predicted octanol–water partition coefficient (Wildman–Crippen LogP) is 3.50. The molecular formula is C18H26O5S. The number of rotatable bonds is 10. The van der Waals surface area contributed by atoms with Gasteiger partial charge in [0.1, 0.15) is 23.7 Å². The van der Waals surface area contributed by atoms with E-state index in [9.17, 15) is 9.59 Å². The van der Waals surface area contributed by atoms with Crippen LogP contribution in [0.4, 0.5) is 0 Å². The van der Waals surface area contributed by atoms with Crippen LogP contribution in [-0.4, -0.2) is 42.1 Å². The SMILES string of the molecule is CCOc1ccc(OCC(=O)CSCCC(=O)OC(C)(C)C)cc1. The quantitative estimate of drug-likeness (QED) is 0.473. The van der Waals surface area contributed by atoms with Crippen LogP contribution in [-0.2, 0) is 14.3 Å². The van der Waals surface area contributed by atoms with Gasteiger partial charge in [0.2, 0.25) is 0 Å². The van der Waals surface area contributed by atoms with Crippen molar-refractivity contribution in [3.63, 3.8) is 0 Å². The average molecular weight is 354 g/mol. The van der Waals surface area contributed by atoms with E-state index in [1.54, 1.807) is 24.3 Å². The second kappa shape index (κ2) is 10.2. The van der Waals surface area contributed by atoms with E-state index in [0.29, 0.717) is 30.3 Å². The van der Waals surface area contributed by atoms with Crippen molar-refractivity contribution in [2.75, 3.05) is 24.7 Å². The summed E-state index contributed by atoms with van der Waals surface area (Å²) < 4.78 is 16.0. The Morgan fingerprint density at radius 2 is 1.62 bits per heavy atom. The fourth-order valence-corrected chi connectivity index (χ4v) is 2.50. The lowest BCUT2D eigenvalue weighted by Gasteiger charge is -2.19. The van der Waals surface area contributed by atoms with Crippen molar-refractivity contribution in [3.8, 4) is 11.5 Å². The lowest BCUT2D eigenvalue weighted by atomic mass is 10.2. The van der Waals surface area contributed by atoms with Crippen LogP contribution in [0, 0.1) is 0 Å². The summed E-state index contributed by atoms with van der Waals surface area (Å²) in [4.78, 5) is 23.3. The molecule has 0 heterocycles. The number of ether oxygens (including phenoxy) is 3. The summed E-state index contributed by atoms with van der Waals surface area (Å²) in [6.45, 7) is 8.05. The van der Waals surface area contributed by atoms with Crippen LogP contribution >= 0.6 is 11.8 Å². The van der Waals surface area contributed by atoms with Crippen LogP contribution in [0.2, 0.25) is 0 Å². The third-order valence-corrected chi connectivity index (χ3v) is 3.69. The highest BCUT2D eigenvalue weighted by molar-refractivity contribution is 7.99. The van der Waals surface area contributed by atoms with Gasteiger partial charge < -0.3 is 14.2 Å². The zero-order valence-electron chi connectivity index (χ0n) is 14.8. The van der Waals surface area contributed by atoms with E-state index in [1.807, 2.05) is 27.7 Å². The molecule has 0 bridgehead atoms. The minimum Gasteiger partial charge on any atom is -0.494 e. The standard InChI is InChI=1S/C18H26O5S/c1-5-21-15-6-8-16(9-7-15)22-12-14(19)13-24-11-10-17(20)23-18(2,3)4/h6-9H,5,10-13H2,1-4H3. The van der Waals surface area contributed by atoms with Crippen molar-refractivity contribution in [1.29, 1.82) is 0 Å². The molecule has 0 saturated carbocycles. The Kier molecular flexibility index (Phi) is 8.68. The zero-order valence-corrected chi connectivity index (χ0v) is 15.6. The maximum atomic E-state index is 11.8. The molecule has 0 aliphatic carbocycles. The number of hydrogen-bond donors (Lipinski definition) is 0. The predicted molar refractivity (Wildman–Crippen MR) is 95.9 cm³/mol. The molecule has 24 heavy (non-hydrogen) atoms. The van der Waals surface area contributed by atoms with E-state index in [0.717, 1.165) is 5.75 Å². The summed E-state index contributed by atoms with van der Waals surface area (Å²) in [5.41, 5.74) is -0.469. The molecule has 1 aromatic carbocycles. The number of Topliss-reactive ketones (excluding diaryl/α,β-unsaturated/α-hetero) is 1. The van der Waals surface area contributed by atoms with Gasteiger partial charge in [0.05, 0.1) is 18.8 Å². The fourth-order valence-electron chi connectivity index (χ4n) is 1.74. The second-order valence-corrected chi connectivity index (χ2v) is 7.23. The molecule has 1 aromatic rings. The molecule has 6 heteroatoms. The van der Waals surface area contributed by atoms with Crippen LogP contribution in [0.25, 0.3) is 0 Å². The van der Waals surface area contributed by atoms with E-state index < -0.39 is 5.60 Å². The van der Waals surface area contributed by atoms with Gasteiger partial charge >= 0.3 is 5.97 Å². The van der Waals surface area contributed by atoms with Gasteiger partial charge in [-0.2, -0.15) is 11.8 Å². The Bertz CT molecular complexity index is 519. The molecule has 0 fully saturated rings. The number of carbonyl (C=O) groups excluding carboxylic acids is 2. The molecule has 0 amide bonds. The molecule has 1 rings (SSSR count). The number of hydrogen-bond acceptors (Lipinski definition) is 6. The van der Waals surface area contributed by atoms with Crippen molar-refractivity contribution < 1.29 is 23.8 Å². The third kappa shape index (κ3) is 9.45. The van der Waals surface area contributed by atoms with Crippen molar-refractivity contribution in [1.82, 2.24) is 0 Å². The first-order valence-electron chi connectivity index (χ1n) is 7.97. The van der Waals surface area contributed by atoms with E-state index in [2.05, 4.69) is 0 Å². The largest absolute Gasteiger partial charge is 0.494 e. The summed E-state index contributed by atoms with van der Waals surface area (Å²) in [7, 11) is 0. The first-order chi connectivity index (χ1) is 11.3. The summed E-state index contributed by atoms with van der Waals surface area (Å²) in [6.07, 6.45) is 0.301. The molecule has 0 aliphatic heterocycles. The summed E-state index contributed by atoms with van der Waals surface area (Å²) in [5, 5.41) is 0. The lowest BCUT2D eigenvalue weighted by Crippen LogP contribution is -2.24. The van der Waals surface area contributed by atoms with Gasteiger partial charge in [-0.25, -0.2) is 0 Å². The minimum atomic E-state index is -0.469. The Morgan fingerprint density at radius 3 is 2.17 bits per heavy atom. The highest BCUT2D eigenvalue weighted by Gasteiger charge is 2.15. The number of esters is 1. The molecule has 0 saturated heterocycles. The number of benzene rings is 1. The highest BCUT2D eigenvalue weighted by Crippen LogP contribution is 2.17. The highest BCUT2D eigenvalue weighted by atomic mass is 32.2. The van der Waals surface area contributed by atoms with Gasteiger partial charge in [-0.15, -0.1) is 0 Å². The van der Waals surface area contributed by atoms with E-state index in [4.69, 9.17) is 14.2 Å². The average Bonchev–Trinajstić information content (AvgIpc) is 2.49. The van der Waals surface area contributed by atoms with Gasteiger partial charge in [-0.1, -0.05) is 0 Å². The van der Waals surface area contributed by atoms with Crippen LogP contribution in [0.3, 0.4) is 0 Å². The maximum Gasteiger partial charge on any atom is 0.307 e. The molecule has 0 aliphatic rings. The molecule has 134 valence electrons. The van der Waals surface area contributed by atoms with E-state index in [1.165, 1.54) is 11.8 Å². The van der Waals surface area contributed by atoms with E-state index in [-0.39, 0.29) is 18.4 Å². The van der Waals surface area contributed by atoms with Crippen LogP contribution in [0.5, 0.6) is 11.5 Å². The molecule has 0 radical (unpaired) electrons. The van der Waals surface area contributed by atoms with Gasteiger partial charge in [-0.3, -0.25) is 9.59 Å². The summed E-state index contributed by atoms with van der Waals surface area (Å²) in [6, 6.07) is 7.15. The van der Waals surface area contributed by atoms with Gasteiger partial charge in [0.25, 0.3) is 0 Å². The fraction of sp³-hybridized carbons (Fsp3) is 0.556. The molecule has 0 atom stereocenters. The molecule has 0 N–H and O–H groups in total. The van der Waals surface area contributed by atoms with Gasteiger partial charge in [0, 0.05) is 5.75 Å².